The molecule has 4 rings (SSSR count). The molecule has 0 unspecified atom stereocenters. The molecule has 1 aliphatic rings. The van der Waals surface area contributed by atoms with E-state index in [0.29, 0.717) is 28.7 Å². The van der Waals surface area contributed by atoms with E-state index in [2.05, 4.69) is 5.10 Å². The maximum Gasteiger partial charge on any atom is 0.315 e. The number of nitrogens with zero attached hydrogens (tertiary/aromatic N) is 4. The lowest BCUT2D eigenvalue weighted by molar-refractivity contribution is -0.386. The molecular weight excluding hydrogens is 448 g/mol. The summed E-state index contributed by atoms with van der Waals surface area (Å²) in [4.78, 5) is 29.5. The van der Waals surface area contributed by atoms with E-state index in [1.807, 2.05) is 26.0 Å². The van der Waals surface area contributed by atoms with Crippen LogP contribution in [0.2, 0.25) is 0 Å². The van der Waals surface area contributed by atoms with Crippen LogP contribution in [-0.2, 0) is 0 Å². The number of para-hydroxylation sites is 1. The van der Waals surface area contributed by atoms with Crippen LogP contribution in [0.5, 0.6) is 11.5 Å². The fraction of sp³-hybridized carbons (Fsp3) is 0.423. The number of methoxy groups -OCH3 is 1. The van der Waals surface area contributed by atoms with Crippen molar-refractivity contribution in [2.24, 2.45) is 5.10 Å². The molecular formula is C26H30N4O5. The van der Waals surface area contributed by atoms with Crippen molar-refractivity contribution in [3.63, 3.8) is 0 Å². The number of nitro groups is 1. The molecule has 184 valence electrons. The topological polar surface area (TPSA) is 109 Å². The van der Waals surface area contributed by atoms with E-state index in [4.69, 9.17) is 14.5 Å². The van der Waals surface area contributed by atoms with Gasteiger partial charge in [0.05, 0.1) is 35.3 Å². The summed E-state index contributed by atoms with van der Waals surface area (Å²) in [7, 11) is 1.43. The normalized spacial score (nSPS) is 15.4. The SMILES string of the molecule is CC[C@@H](C)Oc1c(OC)cc(C=Nn2c(C3CCCCC3)nc3ccccc3c2=O)cc1[N+](=O)[O-]. The van der Waals surface area contributed by atoms with E-state index in [1.54, 1.807) is 18.2 Å². The van der Waals surface area contributed by atoms with Crippen LogP contribution < -0.4 is 15.0 Å². The first kappa shape index (κ1) is 24.4. The largest absolute Gasteiger partial charge is 0.493 e. The Hall–Kier alpha value is -3.75. The number of benzene rings is 2. The van der Waals surface area contributed by atoms with E-state index in [-0.39, 0.29) is 34.8 Å². The third kappa shape index (κ3) is 5.18. The van der Waals surface area contributed by atoms with E-state index in [1.165, 1.54) is 30.5 Å². The van der Waals surface area contributed by atoms with Gasteiger partial charge < -0.3 is 9.47 Å². The van der Waals surface area contributed by atoms with Crippen molar-refractivity contribution in [2.45, 2.75) is 64.4 Å². The van der Waals surface area contributed by atoms with Crippen LogP contribution in [0.4, 0.5) is 5.69 Å². The number of fused-ring (bicyclic) bond motifs is 1. The lowest BCUT2D eigenvalue weighted by Crippen LogP contribution is -2.25. The molecule has 0 spiro atoms. The van der Waals surface area contributed by atoms with Crippen LogP contribution >= 0.6 is 0 Å². The van der Waals surface area contributed by atoms with Crippen molar-refractivity contribution in [2.75, 3.05) is 7.11 Å². The van der Waals surface area contributed by atoms with Gasteiger partial charge in [0.2, 0.25) is 5.75 Å². The second-order valence-corrected chi connectivity index (χ2v) is 8.85. The predicted octanol–water partition coefficient (Wildman–Crippen LogP) is 5.42. The molecule has 0 amide bonds. The molecule has 35 heavy (non-hydrogen) atoms. The van der Waals surface area contributed by atoms with Crippen molar-refractivity contribution in [1.82, 2.24) is 9.66 Å². The summed E-state index contributed by atoms with van der Waals surface area (Å²) in [6.45, 7) is 3.77. The molecule has 0 N–H and O–H groups in total. The zero-order chi connectivity index (χ0) is 24.9. The van der Waals surface area contributed by atoms with Gasteiger partial charge in [0.15, 0.2) is 5.75 Å². The van der Waals surface area contributed by atoms with Gasteiger partial charge in [0.1, 0.15) is 5.82 Å². The Kier molecular flexibility index (Phi) is 7.43. The molecule has 0 radical (unpaired) electrons. The second-order valence-electron chi connectivity index (χ2n) is 8.85. The average Bonchev–Trinajstić information content (AvgIpc) is 2.88. The monoisotopic (exact) mass is 478 g/mol. The highest BCUT2D eigenvalue weighted by atomic mass is 16.6. The number of nitro benzene ring substituents is 1. The summed E-state index contributed by atoms with van der Waals surface area (Å²) in [6, 6.07) is 10.2. The third-order valence-corrected chi connectivity index (χ3v) is 6.44. The number of hydrogen-bond acceptors (Lipinski definition) is 7. The van der Waals surface area contributed by atoms with Gasteiger partial charge in [-0.1, -0.05) is 38.3 Å². The molecule has 0 bridgehead atoms. The summed E-state index contributed by atoms with van der Waals surface area (Å²) in [5, 5.41) is 16.8. The molecule has 1 heterocycles. The summed E-state index contributed by atoms with van der Waals surface area (Å²) >= 11 is 0. The van der Waals surface area contributed by atoms with Crippen molar-refractivity contribution in [1.29, 1.82) is 0 Å². The van der Waals surface area contributed by atoms with Gasteiger partial charge in [-0.05, 0) is 44.4 Å². The average molecular weight is 479 g/mol. The highest BCUT2D eigenvalue weighted by molar-refractivity contribution is 5.83. The Labute approximate surface area is 203 Å². The standard InChI is InChI=1S/C26H30N4O5/c1-4-17(2)35-24-22(30(32)33)14-18(15-23(24)34-3)16-27-29-25(19-10-6-5-7-11-19)28-21-13-9-8-12-20(21)26(29)31/h8-9,12-17,19H,4-7,10-11H2,1-3H3/t17-/m1/s1. The van der Waals surface area contributed by atoms with E-state index in [0.717, 1.165) is 25.7 Å². The Morgan fingerprint density at radius 1 is 1.26 bits per heavy atom. The Bertz CT molecular complexity index is 1310. The molecule has 0 saturated heterocycles. The Morgan fingerprint density at radius 2 is 2.00 bits per heavy atom. The number of hydrogen-bond donors (Lipinski definition) is 0. The zero-order valence-electron chi connectivity index (χ0n) is 20.3. The van der Waals surface area contributed by atoms with E-state index >= 15 is 0 Å². The van der Waals surface area contributed by atoms with Crippen LogP contribution in [-0.4, -0.2) is 34.0 Å². The number of rotatable bonds is 8. The molecule has 1 fully saturated rings. The molecule has 2 aromatic carbocycles. The van der Waals surface area contributed by atoms with Crippen LogP contribution in [0.15, 0.2) is 46.3 Å². The fourth-order valence-electron chi connectivity index (χ4n) is 4.37. The maximum atomic E-state index is 13.4. The van der Waals surface area contributed by atoms with Crippen LogP contribution in [0.1, 0.15) is 69.7 Å². The van der Waals surface area contributed by atoms with E-state index in [9.17, 15) is 14.9 Å². The molecule has 1 atom stereocenters. The Balaban J connectivity index is 1.82. The maximum absolute atomic E-state index is 13.4. The third-order valence-electron chi connectivity index (χ3n) is 6.44. The van der Waals surface area contributed by atoms with Gasteiger partial charge in [-0.2, -0.15) is 9.78 Å². The first-order valence-electron chi connectivity index (χ1n) is 12.0. The summed E-state index contributed by atoms with van der Waals surface area (Å²) in [6.07, 6.45) is 7.13. The van der Waals surface area contributed by atoms with Gasteiger partial charge in [0.25, 0.3) is 5.56 Å². The molecule has 9 nitrogen and oxygen atoms in total. The molecule has 1 saturated carbocycles. The lowest BCUT2D eigenvalue weighted by Gasteiger charge is -2.22. The Morgan fingerprint density at radius 3 is 2.69 bits per heavy atom. The quantitative estimate of drug-likeness (QED) is 0.243. The van der Waals surface area contributed by atoms with Gasteiger partial charge in [0, 0.05) is 17.5 Å². The van der Waals surface area contributed by atoms with E-state index < -0.39 is 4.92 Å². The first-order chi connectivity index (χ1) is 16.9. The fourth-order valence-corrected chi connectivity index (χ4v) is 4.37. The lowest BCUT2D eigenvalue weighted by atomic mass is 9.88. The van der Waals surface area contributed by atoms with Crippen molar-refractivity contribution >= 4 is 22.8 Å². The molecule has 1 aliphatic carbocycles. The number of ether oxygens (including phenoxy) is 2. The predicted molar refractivity (Wildman–Crippen MR) is 135 cm³/mol. The van der Waals surface area contributed by atoms with Crippen LogP contribution in [0.3, 0.4) is 0 Å². The van der Waals surface area contributed by atoms with Crippen molar-refractivity contribution in [3.8, 4) is 11.5 Å². The highest BCUT2D eigenvalue weighted by Crippen LogP contribution is 2.39. The molecule has 1 aromatic heterocycles. The minimum atomic E-state index is -0.505. The first-order valence-corrected chi connectivity index (χ1v) is 12.0. The van der Waals surface area contributed by atoms with Gasteiger partial charge in [-0.15, -0.1) is 0 Å². The molecule has 3 aromatic rings. The van der Waals surface area contributed by atoms with Crippen molar-refractivity contribution < 1.29 is 14.4 Å². The summed E-state index contributed by atoms with van der Waals surface area (Å²) in [5.41, 5.74) is 0.585. The van der Waals surface area contributed by atoms with Gasteiger partial charge in [-0.3, -0.25) is 14.9 Å². The molecule has 0 aliphatic heterocycles. The highest BCUT2D eigenvalue weighted by Gasteiger charge is 2.25. The van der Waals surface area contributed by atoms with Gasteiger partial charge >= 0.3 is 5.69 Å². The van der Waals surface area contributed by atoms with Crippen LogP contribution in [0.25, 0.3) is 10.9 Å². The zero-order valence-corrected chi connectivity index (χ0v) is 20.3. The summed E-state index contributed by atoms with van der Waals surface area (Å²) in [5.74, 6) is 1.07. The van der Waals surface area contributed by atoms with Gasteiger partial charge in [-0.25, -0.2) is 4.98 Å². The molecule has 9 heteroatoms. The second kappa shape index (κ2) is 10.7. The smallest absolute Gasteiger partial charge is 0.315 e. The number of aromatic nitrogens is 2. The minimum absolute atomic E-state index is 0.0800. The minimum Gasteiger partial charge on any atom is -0.493 e. The van der Waals surface area contributed by atoms with Crippen LogP contribution in [0, 0.1) is 10.1 Å². The summed E-state index contributed by atoms with van der Waals surface area (Å²) < 4.78 is 12.5. The van der Waals surface area contributed by atoms with Crippen molar-refractivity contribution in [3.05, 3.63) is 68.3 Å².